The van der Waals surface area contributed by atoms with Crippen LogP contribution in [0.3, 0.4) is 0 Å². The minimum atomic E-state index is -1.03. The van der Waals surface area contributed by atoms with Crippen LogP contribution in [-0.2, 0) is 4.79 Å². The Morgan fingerprint density at radius 1 is 1.40 bits per heavy atom. The van der Waals surface area contributed by atoms with Gasteiger partial charge in [0, 0.05) is 0 Å². The van der Waals surface area contributed by atoms with Crippen molar-refractivity contribution < 1.29 is 18.7 Å². The van der Waals surface area contributed by atoms with Gasteiger partial charge < -0.3 is 5.11 Å². The summed E-state index contributed by atoms with van der Waals surface area (Å²) in [6.45, 7) is 3.02. The number of carboxylic acids is 1. The zero-order valence-electron chi connectivity index (χ0n) is 8.55. The molecule has 0 bridgehead atoms. The van der Waals surface area contributed by atoms with Gasteiger partial charge in [-0.2, -0.15) is 0 Å². The molecule has 1 unspecified atom stereocenters. The van der Waals surface area contributed by atoms with Gasteiger partial charge >= 0.3 is 5.97 Å². The molecule has 1 aromatic carbocycles. The molecule has 1 aromatic rings. The average Bonchev–Trinajstić information content (AvgIpc) is 2.09. The third-order valence-electron chi connectivity index (χ3n) is 2.29. The summed E-state index contributed by atoms with van der Waals surface area (Å²) < 4.78 is 26.5. The number of benzene rings is 1. The zero-order chi connectivity index (χ0) is 11.6. The summed E-state index contributed by atoms with van der Waals surface area (Å²) in [6, 6.07) is 2.15. The van der Waals surface area contributed by atoms with Crippen LogP contribution in [0.15, 0.2) is 12.1 Å². The van der Waals surface area contributed by atoms with Crippen LogP contribution in [-0.4, -0.2) is 11.1 Å². The predicted octanol–water partition coefficient (Wildman–Crippen LogP) is 2.85. The Morgan fingerprint density at radius 2 is 2.00 bits per heavy atom. The van der Waals surface area contributed by atoms with E-state index in [-0.39, 0.29) is 17.5 Å². The van der Waals surface area contributed by atoms with Gasteiger partial charge in [-0.15, -0.1) is 0 Å². The monoisotopic (exact) mass is 214 g/mol. The molecule has 1 atom stereocenters. The largest absolute Gasteiger partial charge is 0.481 e. The molecule has 0 heterocycles. The predicted molar refractivity (Wildman–Crippen MR) is 51.8 cm³/mol. The fourth-order valence-electron chi connectivity index (χ4n) is 1.41. The van der Waals surface area contributed by atoms with Crippen LogP contribution in [0.5, 0.6) is 0 Å². The fraction of sp³-hybridized carbons (Fsp3) is 0.364. The summed E-state index contributed by atoms with van der Waals surface area (Å²) in [5, 5.41) is 8.54. The number of hydrogen-bond acceptors (Lipinski definition) is 1. The summed E-state index contributed by atoms with van der Waals surface area (Å²) in [5.41, 5.74) is 0.333. The van der Waals surface area contributed by atoms with Gasteiger partial charge in [0.25, 0.3) is 0 Å². The number of carbonyl (C=O) groups is 1. The highest BCUT2D eigenvalue weighted by Crippen LogP contribution is 2.24. The number of carboxylic acid groups (broad SMARTS) is 1. The highest BCUT2D eigenvalue weighted by molar-refractivity contribution is 5.68. The lowest BCUT2D eigenvalue weighted by Gasteiger charge is -2.11. The van der Waals surface area contributed by atoms with Crippen molar-refractivity contribution in [3.8, 4) is 0 Å². The minimum Gasteiger partial charge on any atom is -0.481 e. The molecule has 1 N–H and O–H groups in total. The van der Waals surface area contributed by atoms with Crippen molar-refractivity contribution in [2.45, 2.75) is 26.2 Å². The van der Waals surface area contributed by atoms with E-state index in [1.807, 2.05) is 0 Å². The Morgan fingerprint density at radius 3 is 2.53 bits per heavy atom. The fourth-order valence-corrected chi connectivity index (χ4v) is 1.41. The Labute approximate surface area is 86.5 Å². The summed E-state index contributed by atoms with van der Waals surface area (Å²) in [7, 11) is 0. The van der Waals surface area contributed by atoms with Crippen molar-refractivity contribution in [2.24, 2.45) is 0 Å². The van der Waals surface area contributed by atoms with Crippen molar-refractivity contribution in [1.82, 2.24) is 0 Å². The summed E-state index contributed by atoms with van der Waals surface area (Å²) in [6.07, 6.45) is -0.209. The van der Waals surface area contributed by atoms with Gasteiger partial charge in [0.1, 0.15) is 11.6 Å². The van der Waals surface area contributed by atoms with Gasteiger partial charge in [0.15, 0.2) is 0 Å². The standard InChI is InChI=1S/C11H12F2O2/c1-6(4-11(14)15)8-5-9(12)7(2)3-10(8)13/h3,5-6H,4H2,1-2H3,(H,14,15). The quantitative estimate of drug-likeness (QED) is 0.840. The molecular formula is C11H12F2O2. The van der Waals surface area contributed by atoms with Crippen molar-refractivity contribution in [2.75, 3.05) is 0 Å². The van der Waals surface area contributed by atoms with Gasteiger partial charge in [0.2, 0.25) is 0 Å². The van der Waals surface area contributed by atoms with E-state index in [0.29, 0.717) is 0 Å². The van der Waals surface area contributed by atoms with Gasteiger partial charge in [-0.25, -0.2) is 8.78 Å². The molecule has 0 spiro atoms. The first-order valence-electron chi connectivity index (χ1n) is 4.59. The summed E-state index contributed by atoms with van der Waals surface area (Å²) in [4.78, 5) is 10.4. The first-order chi connectivity index (χ1) is 6.91. The molecule has 0 aliphatic rings. The smallest absolute Gasteiger partial charge is 0.303 e. The van der Waals surface area contributed by atoms with E-state index < -0.39 is 23.5 Å². The number of aliphatic carboxylic acids is 1. The summed E-state index contributed by atoms with van der Waals surface area (Å²) in [5.74, 6) is -2.62. The van der Waals surface area contributed by atoms with E-state index in [2.05, 4.69) is 0 Å². The highest BCUT2D eigenvalue weighted by atomic mass is 19.1. The topological polar surface area (TPSA) is 37.3 Å². The van der Waals surface area contributed by atoms with Crippen molar-refractivity contribution in [3.63, 3.8) is 0 Å². The molecule has 2 nitrogen and oxygen atoms in total. The van der Waals surface area contributed by atoms with E-state index >= 15 is 0 Å². The molecule has 0 saturated carbocycles. The molecule has 0 fully saturated rings. The lowest BCUT2D eigenvalue weighted by Crippen LogP contribution is -2.05. The SMILES string of the molecule is Cc1cc(F)c(C(C)CC(=O)O)cc1F. The maximum Gasteiger partial charge on any atom is 0.303 e. The van der Waals surface area contributed by atoms with Crippen LogP contribution >= 0.6 is 0 Å². The van der Waals surface area contributed by atoms with Gasteiger partial charge in [-0.1, -0.05) is 6.92 Å². The van der Waals surface area contributed by atoms with Crippen LogP contribution < -0.4 is 0 Å². The van der Waals surface area contributed by atoms with Gasteiger partial charge in [-0.3, -0.25) is 4.79 Å². The van der Waals surface area contributed by atoms with Gasteiger partial charge in [-0.05, 0) is 36.1 Å². The lowest BCUT2D eigenvalue weighted by molar-refractivity contribution is -0.137. The van der Waals surface area contributed by atoms with E-state index in [9.17, 15) is 13.6 Å². The van der Waals surface area contributed by atoms with E-state index in [1.54, 1.807) is 6.92 Å². The maximum atomic E-state index is 13.4. The third-order valence-corrected chi connectivity index (χ3v) is 2.29. The zero-order valence-corrected chi connectivity index (χ0v) is 8.55. The van der Waals surface area contributed by atoms with Crippen molar-refractivity contribution in [3.05, 3.63) is 34.9 Å². The van der Waals surface area contributed by atoms with E-state index in [1.165, 1.54) is 6.92 Å². The molecule has 4 heteroatoms. The van der Waals surface area contributed by atoms with Gasteiger partial charge in [0.05, 0.1) is 6.42 Å². The third kappa shape index (κ3) is 2.75. The van der Waals surface area contributed by atoms with Crippen LogP contribution in [0.25, 0.3) is 0 Å². The second-order valence-electron chi connectivity index (χ2n) is 3.62. The van der Waals surface area contributed by atoms with E-state index in [4.69, 9.17) is 5.11 Å². The number of aryl methyl sites for hydroxylation is 1. The Kier molecular flexibility index (Phi) is 3.39. The first kappa shape index (κ1) is 11.6. The molecular weight excluding hydrogens is 202 g/mol. The first-order valence-corrected chi connectivity index (χ1v) is 4.59. The minimum absolute atomic E-state index is 0.112. The molecule has 0 radical (unpaired) electrons. The van der Waals surface area contributed by atoms with Crippen molar-refractivity contribution >= 4 is 5.97 Å². The van der Waals surface area contributed by atoms with E-state index in [0.717, 1.165) is 12.1 Å². The number of halogens is 2. The Balaban J connectivity index is 3.03. The van der Waals surface area contributed by atoms with Crippen LogP contribution in [0.2, 0.25) is 0 Å². The molecule has 1 rings (SSSR count). The van der Waals surface area contributed by atoms with Crippen molar-refractivity contribution in [1.29, 1.82) is 0 Å². The molecule has 0 amide bonds. The molecule has 0 aliphatic carbocycles. The Bertz CT molecular complexity index is 388. The normalized spacial score (nSPS) is 12.5. The molecule has 82 valence electrons. The number of hydrogen-bond donors (Lipinski definition) is 1. The maximum absolute atomic E-state index is 13.4. The summed E-state index contributed by atoms with van der Waals surface area (Å²) >= 11 is 0. The van der Waals surface area contributed by atoms with Crippen LogP contribution in [0.4, 0.5) is 8.78 Å². The van der Waals surface area contributed by atoms with Crippen LogP contribution in [0, 0.1) is 18.6 Å². The lowest BCUT2D eigenvalue weighted by atomic mass is 9.96. The molecule has 0 aromatic heterocycles. The molecule has 0 saturated heterocycles. The second-order valence-corrected chi connectivity index (χ2v) is 3.62. The van der Waals surface area contributed by atoms with Crippen LogP contribution in [0.1, 0.15) is 30.4 Å². The molecule has 0 aliphatic heterocycles. The average molecular weight is 214 g/mol. The second kappa shape index (κ2) is 4.38. The number of rotatable bonds is 3. The molecule has 15 heavy (non-hydrogen) atoms. The highest BCUT2D eigenvalue weighted by Gasteiger charge is 2.16. The Hall–Kier alpha value is -1.45.